The smallest absolute Gasteiger partial charge is 0.238 e. The summed E-state index contributed by atoms with van der Waals surface area (Å²) in [7, 11) is 3.68. The molecule has 0 aliphatic carbocycles. The number of benzene rings is 1. The molecule has 0 radical (unpaired) electrons. The molecule has 1 aliphatic heterocycles. The third kappa shape index (κ3) is 7.16. The highest BCUT2D eigenvalue weighted by atomic mass is 16.2. The first-order chi connectivity index (χ1) is 13.6. The highest BCUT2D eigenvalue weighted by Crippen LogP contribution is 2.23. The molecule has 7 nitrogen and oxygen atoms in total. The normalized spacial score (nSPS) is 15.3. The Bertz CT molecular complexity index is 732. The first kappa shape index (κ1) is 22.9. The number of amides is 3. The van der Waals surface area contributed by atoms with Gasteiger partial charge in [-0.3, -0.25) is 14.4 Å². The molecule has 1 aliphatic rings. The van der Waals surface area contributed by atoms with Gasteiger partial charge in [0.1, 0.15) is 0 Å². The van der Waals surface area contributed by atoms with Crippen LogP contribution in [-0.2, 0) is 20.9 Å². The van der Waals surface area contributed by atoms with Crippen LogP contribution in [0.5, 0.6) is 0 Å². The summed E-state index contributed by atoms with van der Waals surface area (Å²) in [5.41, 5.74) is 1.26. The van der Waals surface area contributed by atoms with Gasteiger partial charge in [-0.2, -0.15) is 0 Å². The average molecular weight is 403 g/mol. The van der Waals surface area contributed by atoms with Crippen LogP contribution in [0.2, 0.25) is 0 Å². The lowest BCUT2D eigenvalue weighted by Crippen LogP contribution is -2.46. The van der Waals surface area contributed by atoms with Crippen molar-refractivity contribution in [1.29, 1.82) is 0 Å². The van der Waals surface area contributed by atoms with Gasteiger partial charge in [-0.15, -0.1) is 0 Å². The number of nitrogens with zero attached hydrogens (tertiary/aromatic N) is 2. The molecule has 1 fully saturated rings. The van der Waals surface area contributed by atoms with Crippen LogP contribution in [-0.4, -0.2) is 61.3 Å². The Kier molecular flexibility index (Phi) is 7.79. The fourth-order valence-electron chi connectivity index (χ4n) is 3.40. The standard InChI is InChI=1S/C22H34N4O3/c1-22(2,3)21(29)26-11-9-17(10-12-26)20(28)23-14-16-7-6-8-18(13-16)24-19(27)15-25(4)5/h6-8,13,17H,9-12,14-15H2,1-5H3,(H,23,28)(H,24,27). The molecule has 0 unspecified atom stereocenters. The Balaban J connectivity index is 1.82. The molecule has 0 atom stereocenters. The Hall–Kier alpha value is -2.41. The first-order valence-corrected chi connectivity index (χ1v) is 10.2. The molecule has 1 heterocycles. The monoisotopic (exact) mass is 402 g/mol. The molecule has 1 aromatic rings. The molecular weight excluding hydrogens is 368 g/mol. The van der Waals surface area contributed by atoms with E-state index in [-0.39, 0.29) is 29.1 Å². The van der Waals surface area contributed by atoms with Crippen molar-refractivity contribution in [3.8, 4) is 0 Å². The summed E-state index contributed by atoms with van der Waals surface area (Å²) in [5.74, 6) is 0.0223. The molecule has 0 bridgehead atoms. The lowest BCUT2D eigenvalue weighted by molar-refractivity contribution is -0.142. The van der Waals surface area contributed by atoms with Crippen LogP contribution < -0.4 is 10.6 Å². The second-order valence-corrected chi connectivity index (χ2v) is 9.02. The van der Waals surface area contributed by atoms with E-state index < -0.39 is 0 Å². The number of likely N-dealkylation sites (tertiary alicyclic amines) is 1. The summed E-state index contributed by atoms with van der Waals surface area (Å²) in [4.78, 5) is 40.5. The van der Waals surface area contributed by atoms with Crippen molar-refractivity contribution in [3.05, 3.63) is 29.8 Å². The second kappa shape index (κ2) is 9.87. The molecule has 0 saturated carbocycles. The quantitative estimate of drug-likeness (QED) is 0.763. The van der Waals surface area contributed by atoms with E-state index >= 15 is 0 Å². The predicted octanol–water partition coefficient (Wildman–Crippen LogP) is 2.09. The van der Waals surface area contributed by atoms with Crippen molar-refractivity contribution in [2.24, 2.45) is 11.3 Å². The predicted molar refractivity (Wildman–Crippen MR) is 114 cm³/mol. The van der Waals surface area contributed by atoms with E-state index in [1.807, 2.05) is 64.0 Å². The number of hydrogen-bond acceptors (Lipinski definition) is 4. The number of hydrogen-bond donors (Lipinski definition) is 2. The van der Waals surface area contributed by atoms with Gasteiger partial charge in [0, 0.05) is 36.7 Å². The number of anilines is 1. The topological polar surface area (TPSA) is 81.8 Å². The molecule has 0 spiro atoms. The van der Waals surface area contributed by atoms with Crippen LogP contribution in [0.3, 0.4) is 0 Å². The number of carbonyl (C=O) groups excluding carboxylic acids is 3. The molecule has 29 heavy (non-hydrogen) atoms. The Morgan fingerprint density at radius 2 is 1.79 bits per heavy atom. The van der Waals surface area contributed by atoms with Crippen LogP contribution in [0, 0.1) is 11.3 Å². The lowest BCUT2D eigenvalue weighted by atomic mass is 9.90. The zero-order valence-electron chi connectivity index (χ0n) is 18.2. The lowest BCUT2D eigenvalue weighted by Gasteiger charge is -2.35. The fraction of sp³-hybridized carbons (Fsp3) is 0.591. The Labute approximate surface area is 173 Å². The molecule has 7 heteroatoms. The van der Waals surface area contributed by atoms with Crippen LogP contribution >= 0.6 is 0 Å². The molecule has 2 N–H and O–H groups in total. The van der Waals surface area contributed by atoms with Crippen molar-refractivity contribution in [3.63, 3.8) is 0 Å². The Morgan fingerprint density at radius 1 is 1.14 bits per heavy atom. The summed E-state index contributed by atoms with van der Waals surface area (Å²) in [6.45, 7) is 7.75. The number of likely N-dealkylation sites (N-methyl/N-ethyl adjacent to an activating group) is 1. The van der Waals surface area contributed by atoms with Crippen molar-refractivity contribution < 1.29 is 14.4 Å². The zero-order chi connectivity index (χ0) is 21.6. The summed E-state index contributed by atoms with van der Waals surface area (Å²) in [6.07, 6.45) is 1.38. The van der Waals surface area contributed by atoms with Gasteiger partial charge in [-0.1, -0.05) is 32.9 Å². The molecule has 160 valence electrons. The Morgan fingerprint density at radius 3 is 2.38 bits per heavy atom. The zero-order valence-corrected chi connectivity index (χ0v) is 18.2. The van der Waals surface area contributed by atoms with Gasteiger partial charge in [0.2, 0.25) is 17.7 Å². The summed E-state index contributed by atoms with van der Waals surface area (Å²) in [6, 6.07) is 7.50. The molecule has 2 rings (SSSR count). The maximum atomic E-state index is 12.5. The summed E-state index contributed by atoms with van der Waals surface area (Å²) in [5, 5.41) is 5.85. The van der Waals surface area contributed by atoms with E-state index in [1.54, 1.807) is 4.90 Å². The van der Waals surface area contributed by atoms with Crippen molar-refractivity contribution in [2.45, 2.75) is 40.2 Å². The third-order valence-corrected chi connectivity index (χ3v) is 4.93. The van der Waals surface area contributed by atoms with Crippen molar-refractivity contribution in [1.82, 2.24) is 15.1 Å². The minimum atomic E-state index is -0.387. The first-order valence-electron chi connectivity index (χ1n) is 10.2. The van der Waals surface area contributed by atoms with Gasteiger partial charge in [-0.05, 0) is 44.6 Å². The van der Waals surface area contributed by atoms with Crippen LogP contribution in [0.25, 0.3) is 0 Å². The van der Waals surface area contributed by atoms with E-state index in [0.717, 1.165) is 11.3 Å². The van der Waals surface area contributed by atoms with Crippen LogP contribution in [0.1, 0.15) is 39.2 Å². The van der Waals surface area contributed by atoms with Gasteiger partial charge in [-0.25, -0.2) is 0 Å². The molecule has 1 saturated heterocycles. The summed E-state index contributed by atoms with van der Waals surface area (Å²) < 4.78 is 0. The minimum absolute atomic E-state index is 0.0231. The van der Waals surface area contributed by atoms with Gasteiger partial charge in [0.15, 0.2) is 0 Å². The van der Waals surface area contributed by atoms with Gasteiger partial charge < -0.3 is 20.4 Å². The maximum Gasteiger partial charge on any atom is 0.238 e. The second-order valence-electron chi connectivity index (χ2n) is 9.02. The van der Waals surface area contributed by atoms with Crippen molar-refractivity contribution in [2.75, 3.05) is 39.0 Å². The number of rotatable bonds is 6. The highest BCUT2D eigenvalue weighted by Gasteiger charge is 2.32. The maximum absolute atomic E-state index is 12.5. The largest absolute Gasteiger partial charge is 0.352 e. The SMILES string of the molecule is CN(C)CC(=O)Nc1cccc(CNC(=O)C2CCN(C(=O)C(C)(C)C)CC2)c1. The molecular formula is C22H34N4O3. The molecule has 3 amide bonds. The van der Waals surface area contributed by atoms with E-state index in [4.69, 9.17) is 0 Å². The van der Waals surface area contributed by atoms with Gasteiger partial charge in [0.25, 0.3) is 0 Å². The van der Waals surface area contributed by atoms with E-state index in [2.05, 4.69) is 10.6 Å². The van der Waals surface area contributed by atoms with Crippen LogP contribution in [0.4, 0.5) is 5.69 Å². The molecule has 0 aromatic heterocycles. The highest BCUT2D eigenvalue weighted by molar-refractivity contribution is 5.92. The number of carbonyl (C=O) groups is 3. The number of nitrogens with one attached hydrogen (secondary N) is 2. The number of piperidine rings is 1. The van der Waals surface area contributed by atoms with E-state index in [0.29, 0.717) is 39.0 Å². The van der Waals surface area contributed by atoms with Crippen molar-refractivity contribution >= 4 is 23.4 Å². The van der Waals surface area contributed by atoms with E-state index in [9.17, 15) is 14.4 Å². The molecule has 1 aromatic carbocycles. The third-order valence-electron chi connectivity index (χ3n) is 4.93. The van der Waals surface area contributed by atoms with Gasteiger partial charge in [0.05, 0.1) is 6.54 Å². The minimum Gasteiger partial charge on any atom is -0.352 e. The summed E-state index contributed by atoms with van der Waals surface area (Å²) >= 11 is 0. The van der Waals surface area contributed by atoms with Crippen LogP contribution in [0.15, 0.2) is 24.3 Å². The van der Waals surface area contributed by atoms with Gasteiger partial charge >= 0.3 is 0 Å². The average Bonchev–Trinajstić information content (AvgIpc) is 2.64. The fourth-order valence-corrected chi connectivity index (χ4v) is 3.40. The van der Waals surface area contributed by atoms with E-state index in [1.165, 1.54) is 0 Å².